The summed E-state index contributed by atoms with van der Waals surface area (Å²) in [6, 6.07) is 0.438. The van der Waals surface area contributed by atoms with Crippen LogP contribution in [0.4, 0.5) is 0 Å². The molecular weight excluding hydrogens is 192 g/mol. The highest BCUT2D eigenvalue weighted by atomic mass is 16.5. The fourth-order valence-electron chi connectivity index (χ4n) is 2.35. The first-order valence-corrected chi connectivity index (χ1v) is 5.91. The van der Waals surface area contributed by atoms with E-state index < -0.39 is 0 Å². The molecule has 0 N–H and O–H groups in total. The molecule has 1 atom stereocenters. The van der Waals surface area contributed by atoms with Gasteiger partial charge in [-0.15, -0.1) is 0 Å². The van der Waals surface area contributed by atoms with E-state index in [1.165, 1.54) is 0 Å². The Bertz CT molecular complexity index is 233. The predicted molar refractivity (Wildman–Crippen MR) is 57.7 cm³/mol. The molecule has 4 heteroatoms. The van der Waals surface area contributed by atoms with Crippen LogP contribution in [0.5, 0.6) is 0 Å². The van der Waals surface area contributed by atoms with Crippen molar-refractivity contribution in [3.05, 3.63) is 0 Å². The molecule has 2 aliphatic heterocycles. The minimum Gasteiger partial charge on any atom is -0.378 e. The molecule has 0 aliphatic carbocycles. The maximum Gasteiger partial charge on any atom is 0.222 e. The van der Waals surface area contributed by atoms with Gasteiger partial charge in [-0.2, -0.15) is 0 Å². The van der Waals surface area contributed by atoms with Gasteiger partial charge in [0, 0.05) is 32.6 Å². The summed E-state index contributed by atoms with van der Waals surface area (Å²) < 4.78 is 5.45. The van der Waals surface area contributed by atoms with Crippen molar-refractivity contribution in [1.82, 2.24) is 9.80 Å². The molecule has 2 saturated heterocycles. The summed E-state index contributed by atoms with van der Waals surface area (Å²) >= 11 is 0. The van der Waals surface area contributed by atoms with E-state index in [1.54, 1.807) is 0 Å². The summed E-state index contributed by atoms with van der Waals surface area (Å²) in [5.74, 6) is 0.308. The second-order valence-electron chi connectivity index (χ2n) is 4.35. The van der Waals surface area contributed by atoms with Crippen molar-refractivity contribution >= 4 is 5.91 Å². The lowest BCUT2D eigenvalue weighted by Crippen LogP contribution is -2.59. The highest BCUT2D eigenvalue weighted by molar-refractivity contribution is 5.76. The summed E-state index contributed by atoms with van der Waals surface area (Å²) in [5, 5.41) is 0. The zero-order valence-electron chi connectivity index (χ0n) is 9.45. The first kappa shape index (κ1) is 10.9. The van der Waals surface area contributed by atoms with Crippen LogP contribution in [0.15, 0.2) is 0 Å². The van der Waals surface area contributed by atoms with E-state index in [4.69, 9.17) is 4.74 Å². The summed E-state index contributed by atoms with van der Waals surface area (Å²) in [5.41, 5.74) is 0. The van der Waals surface area contributed by atoms with Crippen LogP contribution in [0.2, 0.25) is 0 Å². The second-order valence-corrected chi connectivity index (χ2v) is 4.35. The van der Waals surface area contributed by atoms with E-state index in [9.17, 15) is 4.79 Å². The van der Waals surface area contributed by atoms with E-state index in [2.05, 4.69) is 11.8 Å². The van der Waals surface area contributed by atoms with Crippen LogP contribution in [0, 0.1) is 0 Å². The number of carbonyl (C=O) groups excluding carboxylic acids is 1. The second kappa shape index (κ2) is 4.94. The molecule has 1 amide bonds. The molecule has 2 heterocycles. The van der Waals surface area contributed by atoms with Crippen LogP contribution in [0.1, 0.15) is 19.8 Å². The van der Waals surface area contributed by atoms with Crippen LogP contribution in [0.3, 0.4) is 0 Å². The van der Waals surface area contributed by atoms with Crippen molar-refractivity contribution in [2.45, 2.75) is 25.8 Å². The Balaban J connectivity index is 1.87. The lowest BCUT2D eigenvalue weighted by atomic mass is 10.1. The molecular formula is C11H20N2O2. The molecule has 0 spiro atoms. The van der Waals surface area contributed by atoms with Crippen molar-refractivity contribution in [2.75, 3.05) is 39.4 Å². The molecule has 0 saturated carbocycles. The molecule has 0 aromatic rings. The summed E-state index contributed by atoms with van der Waals surface area (Å²) in [7, 11) is 0. The number of rotatable bonds is 2. The third-order valence-corrected chi connectivity index (χ3v) is 3.25. The van der Waals surface area contributed by atoms with E-state index in [0.29, 0.717) is 18.4 Å². The average Bonchev–Trinajstić information content (AvgIpc) is 2.29. The molecule has 0 unspecified atom stereocenters. The third-order valence-electron chi connectivity index (χ3n) is 3.25. The summed E-state index contributed by atoms with van der Waals surface area (Å²) in [6.45, 7) is 7.49. The minimum absolute atomic E-state index is 0.308. The zero-order chi connectivity index (χ0) is 10.7. The van der Waals surface area contributed by atoms with Gasteiger partial charge in [0.1, 0.15) is 0 Å². The van der Waals surface area contributed by atoms with E-state index in [0.717, 1.165) is 45.8 Å². The van der Waals surface area contributed by atoms with Crippen LogP contribution in [0.25, 0.3) is 0 Å². The molecule has 2 aliphatic rings. The van der Waals surface area contributed by atoms with Gasteiger partial charge in [-0.1, -0.05) is 6.92 Å². The third kappa shape index (κ3) is 2.49. The fourth-order valence-corrected chi connectivity index (χ4v) is 2.35. The Labute approximate surface area is 91.2 Å². The maximum atomic E-state index is 11.7. The van der Waals surface area contributed by atoms with Gasteiger partial charge in [0.2, 0.25) is 5.91 Å². The predicted octanol–water partition coefficient (Wildman–Crippen LogP) is 0.329. The Kier molecular flexibility index (Phi) is 3.59. The first-order chi connectivity index (χ1) is 7.31. The molecule has 0 bridgehead atoms. The monoisotopic (exact) mass is 212 g/mol. The highest BCUT2D eigenvalue weighted by Crippen LogP contribution is 2.14. The first-order valence-electron chi connectivity index (χ1n) is 5.91. The number of fused-ring (bicyclic) bond motifs is 1. The zero-order valence-corrected chi connectivity index (χ0v) is 9.45. The lowest BCUT2D eigenvalue weighted by Gasteiger charge is -2.43. The quantitative estimate of drug-likeness (QED) is 0.661. The van der Waals surface area contributed by atoms with Gasteiger partial charge >= 0.3 is 0 Å². The number of ether oxygens (including phenoxy) is 1. The van der Waals surface area contributed by atoms with E-state index >= 15 is 0 Å². The van der Waals surface area contributed by atoms with Crippen LogP contribution < -0.4 is 0 Å². The van der Waals surface area contributed by atoms with E-state index in [1.807, 2.05) is 4.90 Å². The largest absolute Gasteiger partial charge is 0.378 e. The fraction of sp³-hybridized carbons (Fsp3) is 0.909. The van der Waals surface area contributed by atoms with Crippen molar-refractivity contribution in [1.29, 1.82) is 0 Å². The lowest BCUT2D eigenvalue weighted by molar-refractivity contribution is -0.136. The number of hydrogen-bond donors (Lipinski definition) is 0. The Morgan fingerprint density at radius 2 is 2.27 bits per heavy atom. The maximum absolute atomic E-state index is 11.7. The van der Waals surface area contributed by atoms with Gasteiger partial charge in [-0.3, -0.25) is 9.69 Å². The number of amides is 1. The molecule has 0 aromatic carbocycles. The van der Waals surface area contributed by atoms with Crippen LogP contribution >= 0.6 is 0 Å². The molecule has 0 radical (unpaired) electrons. The SMILES string of the molecule is CCCC(=O)N1CCN2CCOC[C@@H]2C1. The van der Waals surface area contributed by atoms with E-state index in [-0.39, 0.29) is 0 Å². The molecule has 86 valence electrons. The van der Waals surface area contributed by atoms with Crippen molar-refractivity contribution in [3.8, 4) is 0 Å². The molecule has 15 heavy (non-hydrogen) atoms. The minimum atomic E-state index is 0.308. The number of morpholine rings is 1. The van der Waals surface area contributed by atoms with Gasteiger partial charge in [0.05, 0.1) is 19.3 Å². The van der Waals surface area contributed by atoms with Gasteiger partial charge in [-0.05, 0) is 6.42 Å². The number of nitrogens with zero attached hydrogens (tertiary/aromatic N) is 2. The van der Waals surface area contributed by atoms with Crippen molar-refractivity contribution in [2.24, 2.45) is 0 Å². The van der Waals surface area contributed by atoms with Crippen LogP contribution in [-0.4, -0.2) is 61.1 Å². The van der Waals surface area contributed by atoms with Crippen molar-refractivity contribution in [3.63, 3.8) is 0 Å². The smallest absolute Gasteiger partial charge is 0.222 e. The summed E-state index contributed by atoms with van der Waals surface area (Å²) in [4.78, 5) is 16.2. The van der Waals surface area contributed by atoms with Crippen LogP contribution in [-0.2, 0) is 9.53 Å². The molecule has 2 fully saturated rings. The Hall–Kier alpha value is -0.610. The Morgan fingerprint density at radius 1 is 1.40 bits per heavy atom. The van der Waals surface area contributed by atoms with Gasteiger partial charge in [0.15, 0.2) is 0 Å². The molecule has 2 rings (SSSR count). The number of hydrogen-bond acceptors (Lipinski definition) is 3. The highest BCUT2D eigenvalue weighted by Gasteiger charge is 2.30. The normalized spacial score (nSPS) is 27.5. The van der Waals surface area contributed by atoms with Crippen molar-refractivity contribution < 1.29 is 9.53 Å². The molecule has 4 nitrogen and oxygen atoms in total. The average molecular weight is 212 g/mol. The number of carbonyl (C=O) groups is 1. The number of piperazine rings is 1. The standard InChI is InChI=1S/C11H20N2O2/c1-2-3-11(14)13-5-4-12-6-7-15-9-10(12)8-13/h10H,2-9H2,1H3/t10-/m0/s1. The molecule has 0 aromatic heterocycles. The topological polar surface area (TPSA) is 32.8 Å². The summed E-state index contributed by atoms with van der Waals surface area (Å²) in [6.07, 6.45) is 1.63. The van der Waals surface area contributed by atoms with Gasteiger partial charge in [0.25, 0.3) is 0 Å². The Morgan fingerprint density at radius 3 is 3.07 bits per heavy atom. The van der Waals surface area contributed by atoms with Gasteiger partial charge in [-0.25, -0.2) is 0 Å². The van der Waals surface area contributed by atoms with Gasteiger partial charge < -0.3 is 9.64 Å².